The van der Waals surface area contributed by atoms with Crippen LogP contribution in [0.1, 0.15) is 11.1 Å². The van der Waals surface area contributed by atoms with Crippen LogP contribution in [0.5, 0.6) is 0 Å². The van der Waals surface area contributed by atoms with Gasteiger partial charge < -0.3 is 4.42 Å². The second-order valence-electron chi connectivity index (χ2n) is 3.28. The fourth-order valence-electron chi connectivity index (χ4n) is 1.68. The smallest absolute Gasteiger partial charge is 0.0981 e. The molecule has 1 nitrogen and oxygen atoms in total. The van der Waals surface area contributed by atoms with Crippen LogP contribution in [0.15, 0.2) is 41.2 Å². The van der Waals surface area contributed by atoms with Crippen LogP contribution in [0.2, 0.25) is 0 Å². The normalized spacial score (nSPS) is 10.3. The van der Waals surface area contributed by atoms with Crippen molar-refractivity contribution >= 4 is 0 Å². The molecule has 2 rings (SSSR count). The lowest BCUT2D eigenvalue weighted by Gasteiger charge is -2.06. The summed E-state index contributed by atoms with van der Waals surface area (Å²) in [6.07, 6.45) is 3.50. The minimum atomic E-state index is 1.16. The van der Waals surface area contributed by atoms with Crippen molar-refractivity contribution in [2.75, 3.05) is 0 Å². The lowest BCUT2D eigenvalue weighted by atomic mass is 9.98. The fraction of sp³-hybridized carbons (Fsp3) is 0.167. The number of rotatable bonds is 1. The molecule has 1 aromatic carbocycles. The van der Waals surface area contributed by atoms with Gasteiger partial charge in [-0.25, -0.2) is 0 Å². The third-order valence-electron chi connectivity index (χ3n) is 2.29. The van der Waals surface area contributed by atoms with E-state index >= 15 is 0 Å². The van der Waals surface area contributed by atoms with Crippen molar-refractivity contribution in [1.29, 1.82) is 0 Å². The monoisotopic (exact) mass is 172 g/mol. The maximum atomic E-state index is 5.08. The van der Waals surface area contributed by atoms with E-state index in [1.165, 1.54) is 16.7 Å². The van der Waals surface area contributed by atoms with Gasteiger partial charge in [-0.1, -0.05) is 18.2 Å². The van der Waals surface area contributed by atoms with Gasteiger partial charge in [0.1, 0.15) is 0 Å². The summed E-state index contributed by atoms with van der Waals surface area (Å²) in [6, 6.07) is 8.31. The number of hydrogen-bond acceptors (Lipinski definition) is 1. The van der Waals surface area contributed by atoms with E-state index in [0.29, 0.717) is 0 Å². The molecule has 66 valence electrons. The van der Waals surface area contributed by atoms with Gasteiger partial charge in [-0.3, -0.25) is 0 Å². The third-order valence-corrected chi connectivity index (χ3v) is 2.29. The number of furan rings is 1. The summed E-state index contributed by atoms with van der Waals surface area (Å²) in [5, 5.41) is 0. The molecule has 1 heterocycles. The third kappa shape index (κ3) is 1.37. The van der Waals surface area contributed by atoms with Crippen molar-refractivity contribution in [3.63, 3.8) is 0 Å². The van der Waals surface area contributed by atoms with E-state index < -0.39 is 0 Å². The van der Waals surface area contributed by atoms with Crippen LogP contribution in [0.25, 0.3) is 11.1 Å². The highest BCUT2D eigenvalue weighted by atomic mass is 16.3. The highest BCUT2D eigenvalue weighted by Crippen LogP contribution is 2.26. The Bertz CT molecular complexity index is 379. The molecule has 0 aliphatic carbocycles. The molecule has 0 N–H and O–H groups in total. The zero-order chi connectivity index (χ0) is 9.26. The Morgan fingerprint density at radius 1 is 1.00 bits per heavy atom. The van der Waals surface area contributed by atoms with Crippen LogP contribution in [0.3, 0.4) is 0 Å². The second kappa shape index (κ2) is 3.09. The van der Waals surface area contributed by atoms with Crippen LogP contribution in [-0.4, -0.2) is 0 Å². The SMILES string of the molecule is Cc1cccc(C)c1-c1ccoc1. The second-order valence-corrected chi connectivity index (χ2v) is 3.28. The molecule has 0 amide bonds. The molecular formula is C12H12O. The molecule has 1 aromatic heterocycles. The van der Waals surface area contributed by atoms with Gasteiger partial charge in [0.05, 0.1) is 12.5 Å². The molecular weight excluding hydrogens is 160 g/mol. The quantitative estimate of drug-likeness (QED) is 0.641. The van der Waals surface area contributed by atoms with E-state index in [1.807, 2.05) is 6.07 Å². The molecule has 0 saturated carbocycles. The van der Waals surface area contributed by atoms with E-state index in [9.17, 15) is 0 Å². The summed E-state index contributed by atoms with van der Waals surface area (Å²) < 4.78 is 5.08. The first-order valence-electron chi connectivity index (χ1n) is 4.38. The Hall–Kier alpha value is -1.50. The summed E-state index contributed by atoms with van der Waals surface area (Å²) in [4.78, 5) is 0. The summed E-state index contributed by atoms with van der Waals surface area (Å²) in [5.41, 5.74) is 5.04. The Balaban J connectivity index is 2.64. The zero-order valence-corrected chi connectivity index (χ0v) is 7.87. The summed E-state index contributed by atoms with van der Waals surface area (Å²) in [6.45, 7) is 4.24. The molecule has 0 fully saturated rings. The van der Waals surface area contributed by atoms with E-state index in [2.05, 4.69) is 32.0 Å². The van der Waals surface area contributed by atoms with Gasteiger partial charge in [-0.2, -0.15) is 0 Å². The fourth-order valence-corrected chi connectivity index (χ4v) is 1.68. The van der Waals surface area contributed by atoms with Gasteiger partial charge in [-0.05, 0) is 36.6 Å². The van der Waals surface area contributed by atoms with Gasteiger partial charge in [-0.15, -0.1) is 0 Å². The Labute approximate surface area is 78.0 Å². The lowest BCUT2D eigenvalue weighted by Crippen LogP contribution is -1.84. The van der Waals surface area contributed by atoms with E-state index in [4.69, 9.17) is 4.42 Å². The molecule has 0 unspecified atom stereocenters. The molecule has 0 aliphatic heterocycles. The largest absolute Gasteiger partial charge is 0.472 e. The summed E-state index contributed by atoms with van der Waals surface area (Å²) in [5.74, 6) is 0. The predicted molar refractivity (Wildman–Crippen MR) is 53.6 cm³/mol. The average molecular weight is 172 g/mol. The first-order valence-corrected chi connectivity index (χ1v) is 4.38. The van der Waals surface area contributed by atoms with Crippen LogP contribution in [0, 0.1) is 13.8 Å². The van der Waals surface area contributed by atoms with Crippen molar-refractivity contribution in [1.82, 2.24) is 0 Å². The van der Waals surface area contributed by atoms with Crippen molar-refractivity contribution in [2.24, 2.45) is 0 Å². The molecule has 0 radical (unpaired) electrons. The van der Waals surface area contributed by atoms with Crippen molar-refractivity contribution in [3.8, 4) is 11.1 Å². The lowest BCUT2D eigenvalue weighted by molar-refractivity contribution is 0.568. The molecule has 0 spiro atoms. The molecule has 1 heteroatoms. The van der Waals surface area contributed by atoms with E-state index in [1.54, 1.807) is 12.5 Å². The van der Waals surface area contributed by atoms with E-state index in [0.717, 1.165) is 5.56 Å². The molecule has 2 aromatic rings. The number of aryl methyl sites for hydroxylation is 2. The maximum absolute atomic E-state index is 5.08. The van der Waals surface area contributed by atoms with Crippen LogP contribution in [-0.2, 0) is 0 Å². The minimum Gasteiger partial charge on any atom is -0.472 e. The minimum absolute atomic E-state index is 1.16. The highest BCUT2D eigenvalue weighted by molar-refractivity contribution is 5.69. The van der Waals surface area contributed by atoms with Crippen molar-refractivity contribution < 1.29 is 4.42 Å². The maximum Gasteiger partial charge on any atom is 0.0981 e. The summed E-state index contributed by atoms with van der Waals surface area (Å²) >= 11 is 0. The molecule has 13 heavy (non-hydrogen) atoms. The van der Waals surface area contributed by atoms with Crippen LogP contribution in [0.4, 0.5) is 0 Å². The average Bonchev–Trinajstić information content (AvgIpc) is 2.57. The predicted octanol–water partition coefficient (Wildman–Crippen LogP) is 3.56. The first kappa shape index (κ1) is 8.11. The Morgan fingerprint density at radius 2 is 1.69 bits per heavy atom. The van der Waals surface area contributed by atoms with Gasteiger partial charge in [0.15, 0.2) is 0 Å². The van der Waals surface area contributed by atoms with Gasteiger partial charge in [0, 0.05) is 5.56 Å². The Morgan fingerprint density at radius 3 is 2.23 bits per heavy atom. The number of hydrogen-bond donors (Lipinski definition) is 0. The van der Waals surface area contributed by atoms with Gasteiger partial charge >= 0.3 is 0 Å². The van der Waals surface area contributed by atoms with Crippen LogP contribution < -0.4 is 0 Å². The molecule has 0 aliphatic rings. The van der Waals surface area contributed by atoms with E-state index in [-0.39, 0.29) is 0 Å². The molecule has 0 atom stereocenters. The summed E-state index contributed by atoms with van der Waals surface area (Å²) in [7, 11) is 0. The zero-order valence-electron chi connectivity index (χ0n) is 7.87. The highest BCUT2D eigenvalue weighted by Gasteiger charge is 2.04. The van der Waals surface area contributed by atoms with Crippen LogP contribution >= 0.6 is 0 Å². The number of benzene rings is 1. The molecule has 0 saturated heterocycles. The van der Waals surface area contributed by atoms with Crippen molar-refractivity contribution in [3.05, 3.63) is 47.9 Å². The standard InChI is InChI=1S/C12H12O/c1-9-4-3-5-10(2)12(9)11-6-7-13-8-11/h3-8H,1-2H3. The first-order chi connectivity index (χ1) is 6.29. The topological polar surface area (TPSA) is 13.1 Å². The van der Waals surface area contributed by atoms with Gasteiger partial charge in [0.25, 0.3) is 0 Å². The van der Waals surface area contributed by atoms with Crippen molar-refractivity contribution in [2.45, 2.75) is 13.8 Å². The molecule has 0 bridgehead atoms. The van der Waals surface area contributed by atoms with Gasteiger partial charge in [0.2, 0.25) is 0 Å². The Kier molecular flexibility index (Phi) is 1.93.